The Bertz CT molecular complexity index is 974. The molecule has 128 valence electrons. The maximum absolute atomic E-state index is 13.8. The number of anilines is 1. The summed E-state index contributed by atoms with van der Waals surface area (Å²) >= 11 is 0.870. The fourth-order valence-corrected chi connectivity index (χ4v) is 3.38. The lowest BCUT2D eigenvalue weighted by atomic mass is 10.2. The summed E-state index contributed by atoms with van der Waals surface area (Å²) < 4.78 is 15.3. The number of carbonyl (C=O) groups is 1. The van der Waals surface area contributed by atoms with E-state index in [9.17, 15) is 14.0 Å². The minimum Gasteiger partial charge on any atom is -0.321 e. The van der Waals surface area contributed by atoms with E-state index < -0.39 is 0 Å². The van der Waals surface area contributed by atoms with Crippen molar-refractivity contribution in [2.24, 2.45) is 0 Å². The molecule has 3 rings (SSSR count). The predicted octanol–water partition coefficient (Wildman–Crippen LogP) is 3.97. The lowest BCUT2D eigenvalue weighted by molar-refractivity contribution is 0.102. The van der Waals surface area contributed by atoms with Crippen molar-refractivity contribution in [3.8, 4) is 0 Å². The number of aryl methyl sites for hydroxylation is 1. The highest BCUT2D eigenvalue weighted by Gasteiger charge is 2.18. The molecule has 6 heteroatoms. The number of hydrogen-bond acceptors (Lipinski definition) is 3. The van der Waals surface area contributed by atoms with E-state index >= 15 is 0 Å². The van der Waals surface area contributed by atoms with Gasteiger partial charge in [0.05, 0.1) is 6.54 Å². The molecule has 4 nitrogen and oxygen atoms in total. The number of aromatic nitrogens is 1. The Kier molecular flexibility index (Phi) is 4.81. The van der Waals surface area contributed by atoms with E-state index in [1.165, 1.54) is 10.6 Å². The van der Waals surface area contributed by atoms with Crippen LogP contribution in [0, 0.1) is 19.7 Å². The van der Waals surface area contributed by atoms with Crippen LogP contribution in [0.4, 0.5) is 10.1 Å². The largest absolute Gasteiger partial charge is 0.321 e. The van der Waals surface area contributed by atoms with Gasteiger partial charge in [-0.2, -0.15) is 0 Å². The third-order valence-corrected chi connectivity index (χ3v) is 5.03. The van der Waals surface area contributed by atoms with Crippen LogP contribution >= 0.6 is 11.3 Å². The Hall–Kier alpha value is -2.73. The van der Waals surface area contributed by atoms with E-state index in [-0.39, 0.29) is 23.1 Å². The van der Waals surface area contributed by atoms with Crippen molar-refractivity contribution < 1.29 is 9.18 Å². The number of rotatable bonds is 4. The number of thiazole rings is 1. The number of halogens is 1. The van der Waals surface area contributed by atoms with Gasteiger partial charge in [0.1, 0.15) is 10.7 Å². The van der Waals surface area contributed by atoms with Crippen LogP contribution in [0.5, 0.6) is 0 Å². The van der Waals surface area contributed by atoms with Gasteiger partial charge in [-0.1, -0.05) is 47.2 Å². The van der Waals surface area contributed by atoms with Crippen molar-refractivity contribution in [3.05, 3.63) is 85.7 Å². The summed E-state index contributed by atoms with van der Waals surface area (Å²) in [6.07, 6.45) is 0. The minimum atomic E-state index is -0.370. The van der Waals surface area contributed by atoms with Crippen LogP contribution in [0.15, 0.2) is 53.3 Å². The Morgan fingerprint density at radius 1 is 1.12 bits per heavy atom. The second-order valence-corrected chi connectivity index (χ2v) is 6.74. The zero-order chi connectivity index (χ0) is 18.0. The molecule has 0 saturated carbocycles. The van der Waals surface area contributed by atoms with Crippen LogP contribution in [0.2, 0.25) is 0 Å². The Labute approximate surface area is 148 Å². The normalized spacial score (nSPS) is 10.7. The zero-order valence-corrected chi connectivity index (χ0v) is 14.7. The highest BCUT2D eigenvalue weighted by molar-refractivity contribution is 7.11. The van der Waals surface area contributed by atoms with Gasteiger partial charge < -0.3 is 5.32 Å². The van der Waals surface area contributed by atoms with E-state index in [1.807, 2.05) is 31.2 Å². The minimum absolute atomic E-state index is 0.103. The second kappa shape index (κ2) is 7.03. The smallest absolute Gasteiger partial charge is 0.308 e. The molecule has 0 radical (unpaired) electrons. The Balaban J connectivity index is 1.86. The molecule has 3 aromatic rings. The molecule has 1 heterocycles. The first-order chi connectivity index (χ1) is 12.0. The molecule has 1 N–H and O–H groups in total. The third-order valence-electron chi connectivity index (χ3n) is 3.95. The molecule has 0 saturated heterocycles. The summed E-state index contributed by atoms with van der Waals surface area (Å²) in [5.41, 5.74) is 2.70. The van der Waals surface area contributed by atoms with Crippen molar-refractivity contribution in [1.82, 2.24) is 4.57 Å². The first-order valence-electron chi connectivity index (χ1n) is 7.77. The van der Waals surface area contributed by atoms with Gasteiger partial charge in [0.2, 0.25) is 0 Å². The van der Waals surface area contributed by atoms with Crippen LogP contribution < -0.4 is 10.2 Å². The quantitative estimate of drug-likeness (QED) is 0.769. The SMILES string of the molecule is Cc1ccc(NC(=O)c2sc(=O)n(Cc3ccccc3F)c2C)cc1. The molecular weight excluding hydrogens is 339 g/mol. The first-order valence-corrected chi connectivity index (χ1v) is 8.59. The van der Waals surface area contributed by atoms with Crippen molar-refractivity contribution in [3.63, 3.8) is 0 Å². The van der Waals surface area contributed by atoms with Gasteiger partial charge in [-0.05, 0) is 32.0 Å². The standard InChI is InChI=1S/C19H17FN2O2S/c1-12-7-9-15(10-8-12)21-18(23)17-13(2)22(19(24)25-17)11-14-5-3-4-6-16(14)20/h3-10H,11H2,1-2H3,(H,21,23). The summed E-state index contributed by atoms with van der Waals surface area (Å²) in [5.74, 6) is -0.707. The van der Waals surface area contributed by atoms with Crippen molar-refractivity contribution in [1.29, 1.82) is 0 Å². The van der Waals surface area contributed by atoms with Crippen LogP contribution in [-0.2, 0) is 6.54 Å². The number of amides is 1. The maximum atomic E-state index is 13.8. The molecule has 0 atom stereocenters. The fraction of sp³-hybridized carbons (Fsp3) is 0.158. The number of benzene rings is 2. The molecule has 0 aliphatic rings. The van der Waals surface area contributed by atoms with Crippen LogP contribution in [-0.4, -0.2) is 10.5 Å². The van der Waals surface area contributed by atoms with E-state index in [0.717, 1.165) is 16.9 Å². The highest BCUT2D eigenvalue weighted by atomic mass is 32.1. The average molecular weight is 356 g/mol. The molecule has 2 aromatic carbocycles. The summed E-state index contributed by atoms with van der Waals surface area (Å²) in [6.45, 7) is 3.76. The van der Waals surface area contributed by atoms with Gasteiger partial charge in [0.25, 0.3) is 5.91 Å². The topological polar surface area (TPSA) is 51.1 Å². The Morgan fingerprint density at radius 2 is 1.80 bits per heavy atom. The van der Waals surface area contributed by atoms with Gasteiger partial charge >= 0.3 is 4.87 Å². The second-order valence-electron chi connectivity index (χ2n) is 5.78. The molecule has 0 bridgehead atoms. The molecule has 0 fully saturated rings. The van der Waals surface area contributed by atoms with Gasteiger partial charge in [-0.25, -0.2) is 4.39 Å². The summed E-state index contributed by atoms with van der Waals surface area (Å²) in [7, 11) is 0. The molecule has 0 spiro atoms. The lowest BCUT2D eigenvalue weighted by Crippen LogP contribution is -2.17. The molecule has 0 aliphatic heterocycles. The predicted molar refractivity (Wildman–Crippen MR) is 98.0 cm³/mol. The number of nitrogens with zero attached hydrogens (tertiary/aromatic N) is 1. The molecule has 1 aromatic heterocycles. The monoisotopic (exact) mass is 356 g/mol. The maximum Gasteiger partial charge on any atom is 0.308 e. The van der Waals surface area contributed by atoms with Crippen molar-refractivity contribution >= 4 is 22.9 Å². The van der Waals surface area contributed by atoms with E-state index in [1.54, 1.807) is 25.1 Å². The third kappa shape index (κ3) is 3.69. The number of carbonyl (C=O) groups excluding carboxylic acids is 1. The van der Waals surface area contributed by atoms with Crippen molar-refractivity contribution in [2.45, 2.75) is 20.4 Å². The lowest BCUT2D eigenvalue weighted by Gasteiger charge is -2.08. The van der Waals surface area contributed by atoms with Crippen molar-refractivity contribution in [2.75, 3.05) is 5.32 Å². The molecule has 0 aliphatic carbocycles. The van der Waals surface area contributed by atoms with Crippen LogP contribution in [0.25, 0.3) is 0 Å². The number of nitrogens with one attached hydrogen (secondary N) is 1. The van der Waals surface area contributed by atoms with E-state index in [2.05, 4.69) is 5.32 Å². The fourth-order valence-electron chi connectivity index (χ4n) is 2.49. The van der Waals surface area contributed by atoms with Crippen LogP contribution in [0.3, 0.4) is 0 Å². The van der Waals surface area contributed by atoms with Gasteiger partial charge in [0.15, 0.2) is 0 Å². The highest BCUT2D eigenvalue weighted by Crippen LogP contribution is 2.17. The summed E-state index contributed by atoms with van der Waals surface area (Å²) in [5, 5.41) is 2.79. The number of hydrogen-bond donors (Lipinski definition) is 1. The van der Waals surface area contributed by atoms with E-state index in [0.29, 0.717) is 21.8 Å². The molecule has 0 unspecified atom stereocenters. The first kappa shape index (κ1) is 17.1. The van der Waals surface area contributed by atoms with Gasteiger partial charge in [0, 0.05) is 16.9 Å². The van der Waals surface area contributed by atoms with E-state index in [4.69, 9.17) is 0 Å². The molecule has 1 amide bonds. The summed E-state index contributed by atoms with van der Waals surface area (Å²) in [4.78, 5) is 24.8. The molecular formula is C19H17FN2O2S. The van der Waals surface area contributed by atoms with Gasteiger partial charge in [-0.3, -0.25) is 14.2 Å². The van der Waals surface area contributed by atoms with Crippen LogP contribution in [0.1, 0.15) is 26.5 Å². The Morgan fingerprint density at radius 3 is 2.48 bits per heavy atom. The summed E-state index contributed by atoms with van der Waals surface area (Å²) in [6, 6.07) is 13.7. The average Bonchev–Trinajstić information content (AvgIpc) is 2.87. The molecule has 25 heavy (non-hydrogen) atoms. The van der Waals surface area contributed by atoms with Gasteiger partial charge in [-0.15, -0.1) is 0 Å². The zero-order valence-electron chi connectivity index (χ0n) is 13.9.